The second kappa shape index (κ2) is 10.9. The fourth-order valence-corrected chi connectivity index (χ4v) is 8.58. The predicted molar refractivity (Wildman–Crippen MR) is 207 cm³/mol. The number of benzene rings is 9. The van der Waals surface area contributed by atoms with Gasteiger partial charge in [-0.15, -0.1) is 0 Å². The Morgan fingerprint density at radius 1 is 0.286 bits per heavy atom. The van der Waals surface area contributed by atoms with Crippen LogP contribution in [0, 0.1) is 0 Å². The van der Waals surface area contributed by atoms with E-state index in [9.17, 15) is 0 Å². The molecule has 228 valence electrons. The van der Waals surface area contributed by atoms with Gasteiger partial charge < -0.3 is 0 Å². The molecule has 49 heavy (non-hydrogen) atoms. The van der Waals surface area contributed by atoms with Crippen molar-refractivity contribution < 1.29 is 0 Å². The van der Waals surface area contributed by atoms with Gasteiger partial charge in [-0.2, -0.15) is 0 Å². The normalized spacial score (nSPS) is 13.1. The van der Waals surface area contributed by atoms with Gasteiger partial charge in [-0.05, 0) is 106 Å². The third-order valence-electron chi connectivity index (χ3n) is 10.7. The minimum absolute atomic E-state index is 0.524. The highest BCUT2D eigenvalue weighted by Crippen LogP contribution is 2.59. The zero-order valence-electron chi connectivity index (χ0n) is 27.0. The molecule has 9 aromatic carbocycles. The molecule has 1 aliphatic carbocycles. The highest BCUT2D eigenvalue weighted by atomic mass is 14.5. The molecule has 0 heterocycles. The van der Waals surface area contributed by atoms with Gasteiger partial charge in [0.1, 0.15) is 0 Å². The maximum absolute atomic E-state index is 2.52. The van der Waals surface area contributed by atoms with Crippen molar-refractivity contribution in [2.45, 2.75) is 5.41 Å². The second-order valence-corrected chi connectivity index (χ2v) is 13.2. The van der Waals surface area contributed by atoms with Crippen LogP contribution in [-0.2, 0) is 5.41 Å². The van der Waals surface area contributed by atoms with Gasteiger partial charge in [-0.1, -0.05) is 176 Å². The average Bonchev–Trinajstić information content (AvgIpc) is 3.48. The van der Waals surface area contributed by atoms with E-state index in [1.807, 2.05) is 0 Å². The summed E-state index contributed by atoms with van der Waals surface area (Å²) in [5.74, 6) is 0. The SMILES string of the molecule is c1ccc(C2(c3ccccc3)c3cc(-c4ccc5ccccc5c4)ccc3-c3c2cc(-c2cccc4ccccc24)c2ccccc32)cc1. The maximum atomic E-state index is 2.52. The molecule has 0 radical (unpaired) electrons. The van der Waals surface area contributed by atoms with Crippen molar-refractivity contribution in [1.82, 2.24) is 0 Å². The fraction of sp³-hybridized carbons (Fsp3) is 0.0204. The van der Waals surface area contributed by atoms with Crippen molar-refractivity contribution in [2.24, 2.45) is 0 Å². The van der Waals surface area contributed by atoms with Gasteiger partial charge in [0, 0.05) is 0 Å². The molecule has 0 heteroatoms. The van der Waals surface area contributed by atoms with Gasteiger partial charge in [-0.3, -0.25) is 0 Å². The summed E-state index contributed by atoms with van der Waals surface area (Å²) >= 11 is 0. The van der Waals surface area contributed by atoms with E-state index in [1.54, 1.807) is 0 Å². The number of fused-ring (bicyclic) bond motifs is 7. The summed E-state index contributed by atoms with van der Waals surface area (Å²) in [5, 5.41) is 7.61. The van der Waals surface area contributed by atoms with E-state index in [0.29, 0.717) is 0 Å². The largest absolute Gasteiger partial charge is 0.0714 e. The molecular formula is C49H32. The minimum Gasteiger partial charge on any atom is -0.0622 e. The van der Waals surface area contributed by atoms with Crippen LogP contribution in [0.5, 0.6) is 0 Å². The molecule has 9 aromatic rings. The van der Waals surface area contributed by atoms with Crippen LogP contribution < -0.4 is 0 Å². The fourth-order valence-electron chi connectivity index (χ4n) is 8.58. The van der Waals surface area contributed by atoms with Gasteiger partial charge in [0.15, 0.2) is 0 Å². The van der Waals surface area contributed by atoms with Crippen LogP contribution >= 0.6 is 0 Å². The van der Waals surface area contributed by atoms with Crippen LogP contribution in [0.15, 0.2) is 194 Å². The molecule has 1 aliphatic rings. The van der Waals surface area contributed by atoms with Gasteiger partial charge >= 0.3 is 0 Å². The van der Waals surface area contributed by atoms with Crippen LogP contribution in [0.1, 0.15) is 22.3 Å². The summed E-state index contributed by atoms with van der Waals surface area (Å²) in [6, 6.07) is 72.0. The van der Waals surface area contributed by atoms with Gasteiger partial charge in [-0.25, -0.2) is 0 Å². The lowest BCUT2D eigenvalue weighted by molar-refractivity contribution is 0.769. The lowest BCUT2D eigenvalue weighted by atomic mass is 9.67. The number of rotatable bonds is 4. The van der Waals surface area contributed by atoms with E-state index < -0.39 is 5.41 Å². The molecule has 0 spiro atoms. The predicted octanol–water partition coefficient (Wildman–Crippen LogP) is 12.8. The first kappa shape index (κ1) is 27.8. The minimum atomic E-state index is -0.524. The highest BCUT2D eigenvalue weighted by Gasteiger charge is 2.47. The van der Waals surface area contributed by atoms with Crippen molar-refractivity contribution in [3.8, 4) is 33.4 Å². The smallest absolute Gasteiger partial charge is 0.0622 e. The molecule has 0 unspecified atom stereocenters. The van der Waals surface area contributed by atoms with Crippen molar-refractivity contribution in [3.63, 3.8) is 0 Å². The standard InChI is InChI=1S/C49H32/c1-3-18-38(19-4-1)49(39-20-5-2-6-21-39)46-31-37(36-27-26-33-14-7-8-16-35(33)30-36)28-29-44(46)48-43-24-12-11-23-42(43)45(32-47(48)49)41-25-13-17-34-15-9-10-22-40(34)41/h1-32H. The summed E-state index contributed by atoms with van der Waals surface area (Å²) in [5.41, 5.74) is 12.3. The van der Waals surface area contributed by atoms with Gasteiger partial charge in [0.25, 0.3) is 0 Å². The molecule has 0 aliphatic heterocycles. The first-order chi connectivity index (χ1) is 24.3. The summed E-state index contributed by atoms with van der Waals surface area (Å²) in [6.07, 6.45) is 0. The number of hydrogen-bond donors (Lipinski definition) is 0. The monoisotopic (exact) mass is 620 g/mol. The van der Waals surface area contributed by atoms with E-state index in [2.05, 4.69) is 194 Å². The molecule has 0 fully saturated rings. The first-order valence-electron chi connectivity index (χ1n) is 17.1. The van der Waals surface area contributed by atoms with Gasteiger partial charge in [0.05, 0.1) is 5.41 Å². The lowest BCUT2D eigenvalue weighted by Crippen LogP contribution is -2.28. The van der Waals surface area contributed by atoms with Crippen molar-refractivity contribution in [1.29, 1.82) is 0 Å². The third-order valence-corrected chi connectivity index (χ3v) is 10.7. The first-order valence-corrected chi connectivity index (χ1v) is 17.1. The van der Waals surface area contributed by atoms with E-state index >= 15 is 0 Å². The second-order valence-electron chi connectivity index (χ2n) is 13.2. The van der Waals surface area contributed by atoms with Crippen LogP contribution in [0.25, 0.3) is 65.7 Å². The molecule has 10 rings (SSSR count). The van der Waals surface area contributed by atoms with E-state index in [1.165, 1.54) is 88.0 Å². The Bertz CT molecular complexity index is 2660. The molecule has 0 N–H and O–H groups in total. The van der Waals surface area contributed by atoms with Crippen molar-refractivity contribution in [2.75, 3.05) is 0 Å². The van der Waals surface area contributed by atoms with Crippen molar-refractivity contribution >= 4 is 32.3 Å². The molecule has 0 nitrogen and oxygen atoms in total. The van der Waals surface area contributed by atoms with Crippen LogP contribution in [0.4, 0.5) is 0 Å². The highest BCUT2D eigenvalue weighted by molar-refractivity contribution is 6.13. The Kier molecular flexibility index (Phi) is 6.19. The van der Waals surface area contributed by atoms with Gasteiger partial charge in [0.2, 0.25) is 0 Å². The molecule has 0 saturated carbocycles. The summed E-state index contributed by atoms with van der Waals surface area (Å²) in [7, 11) is 0. The summed E-state index contributed by atoms with van der Waals surface area (Å²) < 4.78 is 0. The van der Waals surface area contributed by atoms with Crippen LogP contribution in [0.2, 0.25) is 0 Å². The summed E-state index contributed by atoms with van der Waals surface area (Å²) in [4.78, 5) is 0. The molecule has 0 amide bonds. The van der Waals surface area contributed by atoms with E-state index in [4.69, 9.17) is 0 Å². The Morgan fingerprint density at radius 2 is 0.857 bits per heavy atom. The Balaban J connectivity index is 1.35. The topological polar surface area (TPSA) is 0 Å². The zero-order valence-corrected chi connectivity index (χ0v) is 27.0. The zero-order chi connectivity index (χ0) is 32.4. The molecule has 0 saturated heterocycles. The van der Waals surface area contributed by atoms with E-state index in [-0.39, 0.29) is 0 Å². The summed E-state index contributed by atoms with van der Waals surface area (Å²) in [6.45, 7) is 0. The molecule has 0 bridgehead atoms. The Morgan fingerprint density at radius 3 is 1.61 bits per heavy atom. The lowest BCUT2D eigenvalue weighted by Gasteiger charge is -2.34. The number of hydrogen-bond acceptors (Lipinski definition) is 0. The van der Waals surface area contributed by atoms with Crippen molar-refractivity contribution in [3.05, 3.63) is 216 Å². The molecule has 0 aromatic heterocycles. The third kappa shape index (κ3) is 4.11. The van der Waals surface area contributed by atoms with Crippen LogP contribution in [0.3, 0.4) is 0 Å². The van der Waals surface area contributed by atoms with Crippen LogP contribution in [-0.4, -0.2) is 0 Å². The average molecular weight is 621 g/mol. The Labute approximate surface area is 286 Å². The van der Waals surface area contributed by atoms with E-state index in [0.717, 1.165) is 0 Å². The quantitative estimate of drug-likeness (QED) is 0.184. The molecular weight excluding hydrogens is 589 g/mol. The Hall–Kier alpha value is -6.24. The maximum Gasteiger partial charge on any atom is 0.0714 e. The molecule has 0 atom stereocenters.